The van der Waals surface area contributed by atoms with Gasteiger partial charge in [0.05, 0.1) is 6.04 Å². The second-order valence-electron chi connectivity index (χ2n) is 4.88. The number of benzene rings is 2. The molecule has 1 heterocycles. The topological polar surface area (TPSA) is 38.0 Å². The molecule has 0 aliphatic carbocycles. The first kappa shape index (κ1) is 14.1. The number of aryl methyl sites for hydroxylation is 1. The van der Waals surface area contributed by atoms with Gasteiger partial charge in [0.2, 0.25) is 0 Å². The summed E-state index contributed by atoms with van der Waals surface area (Å²) in [5.41, 5.74) is 3.67. The van der Waals surface area contributed by atoms with Crippen molar-refractivity contribution in [1.29, 1.82) is 0 Å². The maximum Gasteiger partial charge on any atom is 0.134 e. The molecule has 0 aliphatic rings. The van der Waals surface area contributed by atoms with Gasteiger partial charge in [-0.3, -0.25) is 5.84 Å². The van der Waals surface area contributed by atoms with Crippen LogP contribution in [0.1, 0.15) is 22.7 Å². The smallest absolute Gasteiger partial charge is 0.134 e. The lowest BCUT2D eigenvalue weighted by atomic mass is 9.96. The molecule has 3 aromatic rings. The van der Waals surface area contributed by atoms with Gasteiger partial charge < -0.3 is 0 Å². The Morgan fingerprint density at radius 1 is 1.14 bits per heavy atom. The Labute approximate surface area is 125 Å². The van der Waals surface area contributed by atoms with Gasteiger partial charge in [0.1, 0.15) is 11.6 Å². The zero-order valence-corrected chi connectivity index (χ0v) is 12.2. The Morgan fingerprint density at radius 2 is 1.95 bits per heavy atom. The number of hydrogen-bond donors (Lipinski definition) is 2. The van der Waals surface area contributed by atoms with Crippen LogP contribution in [-0.4, -0.2) is 0 Å². The number of thiophene rings is 1. The summed E-state index contributed by atoms with van der Waals surface area (Å²) in [4.78, 5) is 0. The third-order valence-corrected chi connectivity index (χ3v) is 4.57. The Balaban J connectivity index is 2.24. The molecule has 2 aromatic carbocycles. The monoisotopic (exact) mass is 304 g/mol. The molecule has 21 heavy (non-hydrogen) atoms. The maximum atomic E-state index is 14.4. The molecule has 0 fully saturated rings. The van der Waals surface area contributed by atoms with Crippen LogP contribution in [0, 0.1) is 18.6 Å². The number of halogens is 2. The van der Waals surface area contributed by atoms with E-state index < -0.39 is 17.7 Å². The molecule has 1 aromatic heterocycles. The van der Waals surface area contributed by atoms with Gasteiger partial charge in [0, 0.05) is 10.3 Å². The maximum absolute atomic E-state index is 14.4. The van der Waals surface area contributed by atoms with E-state index >= 15 is 0 Å². The third-order valence-electron chi connectivity index (χ3n) is 3.60. The average Bonchev–Trinajstić information content (AvgIpc) is 2.96. The third kappa shape index (κ3) is 2.33. The molecule has 0 bridgehead atoms. The summed E-state index contributed by atoms with van der Waals surface area (Å²) >= 11 is 1.53. The van der Waals surface area contributed by atoms with E-state index in [9.17, 15) is 8.78 Å². The van der Waals surface area contributed by atoms with Crippen molar-refractivity contribution in [2.75, 3.05) is 0 Å². The summed E-state index contributed by atoms with van der Waals surface area (Å²) < 4.78 is 29.5. The predicted octanol–water partition coefficient (Wildman–Crippen LogP) is 4.04. The number of rotatable bonds is 3. The first-order chi connectivity index (χ1) is 10.1. The Morgan fingerprint density at radius 3 is 2.71 bits per heavy atom. The Hall–Kier alpha value is -1.82. The summed E-state index contributed by atoms with van der Waals surface area (Å²) in [5.74, 6) is 4.44. The molecule has 0 saturated heterocycles. The number of fused-ring (bicyclic) bond motifs is 1. The van der Waals surface area contributed by atoms with E-state index in [1.807, 2.05) is 29.6 Å². The molecule has 5 heteroatoms. The zero-order chi connectivity index (χ0) is 15.0. The van der Waals surface area contributed by atoms with Crippen molar-refractivity contribution in [2.45, 2.75) is 13.0 Å². The molecule has 0 amide bonds. The van der Waals surface area contributed by atoms with Gasteiger partial charge in [-0.15, -0.1) is 11.3 Å². The lowest BCUT2D eigenvalue weighted by Crippen LogP contribution is -2.30. The van der Waals surface area contributed by atoms with Crippen LogP contribution in [0.25, 0.3) is 10.1 Å². The summed E-state index contributed by atoms with van der Waals surface area (Å²) in [6.45, 7) is 1.61. The zero-order valence-electron chi connectivity index (χ0n) is 11.4. The molecule has 1 unspecified atom stereocenters. The second-order valence-corrected chi connectivity index (χ2v) is 5.79. The minimum atomic E-state index is -0.729. The summed E-state index contributed by atoms with van der Waals surface area (Å²) in [6.07, 6.45) is 0. The van der Waals surface area contributed by atoms with Crippen molar-refractivity contribution < 1.29 is 8.78 Å². The Bertz CT molecular complexity index is 798. The van der Waals surface area contributed by atoms with E-state index in [1.54, 1.807) is 6.92 Å². The highest BCUT2D eigenvalue weighted by Crippen LogP contribution is 2.34. The van der Waals surface area contributed by atoms with Gasteiger partial charge in [-0.05, 0) is 40.9 Å². The van der Waals surface area contributed by atoms with Crippen LogP contribution in [-0.2, 0) is 0 Å². The van der Waals surface area contributed by atoms with Crippen LogP contribution < -0.4 is 11.3 Å². The van der Waals surface area contributed by atoms with E-state index in [-0.39, 0.29) is 5.56 Å². The molecule has 1 atom stereocenters. The van der Waals surface area contributed by atoms with Gasteiger partial charge in [-0.1, -0.05) is 24.3 Å². The fourth-order valence-corrected chi connectivity index (χ4v) is 3.46. The lowest BCUT2D eigenvalue weighted by Gasteiger charge is -2.20. The van der Waals surface area contributed by atoms with Gasteiger partial charge in [0.15, 0.2) is 0 Å². The summed E-state index contributed by atoms with van der Waals surface area (Å²) in [6, 6.07) is 9.60. The molecular formula is C16H14F2N2S. The van der Waals surface area contributed by atoms with Crippen molar-refractivity contribution >= 4 is 21.4 Å². The van der Waals surface area contributed by atoms with Crippen molar-refractivity contribution in [3.05, 3.63) is 70.1 Å². The highest BCUT2D eigenvalue weighted by atomic mass is 32.1. The predicted molar refractivity (Wildman–Crippen MR) is 82.1 cm³/mol. The van der Waals surface area contributed by atoms with Crippen LogP contribution in [0.2, 0.25) is 0 Å². The molecule has 3 rings (SSSR count). The standard InChI is InChI=1S/C16H14F2N2S/c1-9-5-6-12(17)13(14(9)18)15(20-19)11-4-2-3-10-7-8-21-16(10)11/h2-8,15,20H,19H2,1H3. The van der Waals surface area contributed by atoms with E-state index in [0.717, 1.165) is 15.6 Å². The van der Waals surface area contributed by atoms with Crippen LogP contribution in [0.3, 0.4) is 0 Å². The van der Waals surface area contributed by atoms with Gasteiger partial charge in [-0.25, -0.2) is 14.2 Å². The van der Waals surface area contributed by atoms with Gasteiger partial charge in [-0.2, -0.15) is 0 Å². The van der Waals surface area contributed by atoms with E-state index in [0.29, 0.717) is 5.56 Å². The SMILES string of the molecule is Cc1ccc(F)c(C(NN)c2cccc3ccsc23)c1F. The van der Waals surface area contributed by atoms with Crippen molar-refractivity contribution in [3.8, 4) is 0 Å². The Kier molecular flexibility index (Phi) is 3.71. The minimum Gasteiger partial charge on any atom is -0.271 e. The normalized spacial score (nSPS) is 12.8. The quantitative estimate of drug-likeness (QED) is 0.566. The van der Waals surface area contributed by atoms with Crippen LogP contribution in [0.15, 0.2) is 41.8 Å². The number of hydrazine groups is 1. The van der Waals surface area contributed by atoms with E-state index in [2.05, 4.69) is 5.43 Å². The fourth-order valence-electron chi connectivity index (χ4n) is 2.52. The molecule has 0 radical (unpaired) electrons. The van der Waals surface area contributed by atoms with Crippen LogP contribution in [0.5, 0.6) is 0 Å². The van der Waals surface area contributed by atoms with Gasteiger partial charge in [0.25, 0.3) is 0 Å². The van der Waals surface area contributed by atoms with Crippen molar-refractivity contribution in [3.63, 3.8) is 0 Å². The van der Waals surface area contributed by atoms with Crippen LogP contribution in [0.4, 0.5) is 8.78 Å². The first-order valence-electron chi connectivity index (χ1n) is 6.50. The fraction of sp³-hybridized carbons (Fsp3) is 0.125. The second kappa shape index (κ2) is 5.52. The molecule has 2 nitrogen and oxygen atoms in total. The highest BCUT2D eigenvalue weighted by Gasteiger charge is 2.24. The van der Waals surface area contributed by atoms with E-state index in [1.165, 1.54) is 23.5 Å². The molecule has 0 aliphatic heterocycles. The molecular weight excluding hydrogens is 290 g/mol. The minimum absolute atomic E-state index is 0.0431. The number of nitrogens with one attached hydrogen (secondary N) is 1. The highest BCUT2D eigenvalue weighted by molar-refractivity contribution is 7.17. The average molecular weight is 304 g/mol. The van der Waals surface area contributed by atoms with Crippen molar-refractivity contribution in [2.24, 2.45) is 5.84 Å². The van der Waals surface area contributed by atoms with Crippen molar-refractivity contribution in [1.82, 2.24) is 5.43 Å². The van der Waals surface area contributed by atoms with E-state index in [4.69, 9.17) is 5.84 Å². The molecule has 108 valence electrons. The molecule has 0 saturated carbocycles. The number of hydrogen-bond acceptors (Lipinski definition) is 3. The first-order valence-corrected chi connectivity index (χ1v) is 7.38. The largest absolute Gasteiger partial charge is 0.271 e. The summed E-state index contributed by atoms with van der Waals surface area (Å²) in [7, 11) is 0. The molecule has 3 N–H and O–H groups in total. The lowest BCUT2D eigenvalue weighted by molar-refractivity contribution is 0.508. The number of nitrogens with two attached hydrogens (primary N) is 1. The molecule has 0 spiro atoms. The summed E-state index contributed by atoms with van der Waals surface area (Å²) in [5, 5.41) is 2.98. The van der Waals surface area contributed by atoms with Crippen LogP contribution >= 0.6 is 11.3 Å². The van der Waals surface area contributed by atoms with Gasteiger partial charge >= 0.3 is 0 Å².